The third kappa shape index (κ3) is 6.44. The lowest BCUT2D eigenvalue weighted by atomic mass is 9.99. The number of rotatable bonds is 9. The number of nitriles is 1. The molecule has 2 heterocycles. The standard InChI is InChI=1S/C31H29N5O5/c32-19-20-12-14-36(15-13-20)16-17-41-35-29(37)22-6-9-24(10-7-22)33-28(21-4-2-1-3-5-21)27-25-11-8-23(31(39)40)18-26(25)34-30(27)38/h1-11,18,20,33H,12-17H2,(H,34,38)(H,35,37)(H,39,40)/b28-27-. The molecule has 4 N–H and O–H groups in total. The smallest absolute Gasteiger partial charge is 0.335 e. The third-order valence-corrected chi connectivity index (χ3v) is 7.18. The lowest BCUT2D eigenvalue weighted by molar-refractivity contribution is -0.110. The Morgan fingerprint density at radius 2 is 1.71 bits per heavy atom. The number of benzene rings is 3. The second kappa shape index (κ2) is 12.5. The second-order valence-electron chi connectivity index (χ2n) is 9.86. The van der Waals surface area contributed by atoms with Gasteiger partial charge in [-0.05, 0) is 67.9 Å². The molecule has 5 rings (SSSR count). The van der Waals surface area contributed by atoms with E-state index >= 15 is 0 Å². The normalized spacial score (nSPS) is 16.3. The molecule has 0 saturated carbocycles. The summed E-state index contributed by atoms with van der Waals surface area (Å²) in [6.45, 7) is 2.71. The van der Waals surface area contributed by atoms with Crippen LogP contribution in [0, 0.1) is 17.2 Å². The summed E-state index contributed by atoms with van der Waals surface area (Å²) in [6, 6.07) is 23.0. The van der Waals surface area contributed by atoms with E-state index in [2.05, 4.69) is 27.1 Å². The van der Waals surface area contributed by atoms with Crippen LogP contribution in [-0.2, 0) is 9.63 Å². The monoisotopic (exact) mass is 551 g/mol. The lowest BCUT2D eigenvalue weighted by Crippen LogP contribution is -2.37. The van der Waals surface area contributed by atoms with Crippen LogP contribution in [0.4, 0.5) is 11.4 Å². The number of aromatic carboxylic acids is 1. The van der Waals surface area contributed by atoms with Crippen molar-refractivity contribution >= 4 is 40.4 Å². The Labute approximate surface area is 237 Å². The van der Waals surface area contributed by atoms with E-state index in [-0.39, 0.29) is 23.3 Å². The molecule has 0 atom stereocenters. The molecule has 0 bridgehead atoms. The maximum Gasteiger partial charge on any atom is 0.335 e. The number of likely N-dealkylation sites (tertiary alicyclic amines) is 1. The average Bonchev–Trinajstić information content (AvgIpc) is 3.33. The van der Waals surface area contributed by atoms with E-state index in [4.69, 9.17) is 10.1 Å². The van der Waals surface area contributed by atoms with Crippen LogP contribution in [0.5, 0.6) is 0 Å². The second-order valence-corrected chi connectivity index (χ2v) is 9.86. The molecule has 3 aromatic carbocycles. The third-order valence-electron chi connectivity index (χ3n) is 7.18. The molecule has 2 aliphatic heterocycles. The molecule has 2 aliphatic rings. The Hall–Kier alpha value is -4.98. The first-order valence-electron chi connectivity index (χ1n) is 13.3. The van der Waals surface area contributed by atoms with Crippen LogP contribution in [-0.4, -0.2) is 54.0 Å². The number of nitrogens with one attached hydrogen (secondary N) is 3. The average molecular weight is 552 g/mol. The quantitative estimate of drug-likeness (QED) is 0.176. The number of hydrogen-bond acceptors (Lipinski definition) is 7. The van der Waals surface area contributed by atoms with E-state index in [0.717, 1.165) is 31.5 Å². The topological polar surface area (TPSA) is 144 Å². The number of amides is 2. The Morgan fingerprint density at radius 1 is 1.00 bits per heavy atom. The number of hydroxylamine groups is 1. The first-order chi connectivity index (χ1) is 19.9. The zero-order valence-corrected chi connectivity index (χ0v) is 22.2. The van der Waals surface area contributed by atoms with Gasteiger partial charge in [0.1, 0.15) is 0 Å². The Balaban J connectivity index is 1.27. The number of carboxylic acids is 1. The van der Waals surface area contributed by atoms with E-state index in [9.17, 15) is 19.5 Å². The molecule has 3 aromatic rings. The van der Waals surface area contributed by atoms with Gasteiger partial charge in [0.25, 0.3) is 11.8 Å². The van der Waals surface area contributed by atoms with E-state index in [1.807, 2.05) is 30.3 Å². The first-order valence-corrected chi connectivity index (χ1v) is 13.3. The molecule has 2 amide bonds. The number of carboxylic acid groups (broad SMARTS) is 1. The van der Waals surface area contributed by atoms with Gasteiger partial charge in [-0.15, -0.1) is 0 Å². The van der Waals surface area contributed by atoms with Gasteiger partial charge in [0, 0.05) is 29.3 Å². The van der Waals surface area contributed by atoms with Crippen molar-refractivity contribution in [2.75, 3.05) is 36.9 Å². The van der Waals surface area contributed by atoms with Gasteiger partial charge in [0.05, 0.1) is 35.2 Å². The molecular formula is C31H29N5O5. The predicted octanol–water partition coefficient (Wildman–Crippen LogP) is 4.21. The van der Waals surface area contributed by atoms with Crippen LogP contribution in [0.25, 0.3) is 11.3 Å². The van der Waals surface area contributed by atoms with Gasteiger partial charge in [0.15, 0.2) is 0 Å². The van der Waals surface area contributed by atoms with Gasteiger partial charge >= 0.3 is 5.97 Å². The summed E-state index contributed by atoms with van der Waals surface area (Å²) >= 11 is 0. The van der Waals surface area contributed by atoms with Crippen molar-refractivity contribution in [2.45, 2.75) is 12.8 Å². The fourth-order valence-electron chi connectivity index (χ4n) is 4.92. The predicted molar refractivity (Wildman–Crippen MR) is 154 cm³/mol. The van der Waals surface area contributed by atoms with Crippen LogP contribution < -0.4 is 16.1 Å². The molecule has 0 aromatic heterocycles. The highest BCUT2D eigenvalue weighted by atomic mass is 16.7. The number of nitrogens with zero attached hydrogens (tertiary/aromatic N) is 2. The highest BCUT2D eigenvalue weighted by Crippen LogP contribution is 2.38. The fourth-order valence-corrected chi connectivity index (χ4v) is 4.92. The van der Waals surface area contributed by atoms with Crippen molar-refractivity contribution in [2.24, 2.45) is 5.92 Å². The van der Waals surface area contributed by atoms with Crippen LogP contribution >= 0.6 is 0 Å². The minimum absolute atomic E-state index is 0.0811. The van der Waals surface area contributed by atoms with Crippen molar-refractivity contribution in [3.8, 4) is 6.07 Å². The summed E-state index contributed by atoms with van der Waals surface area (Å²) in [4.78, 5) is 44.7. The maximum atomic E-state index is 13.1. The number of fused-ring (bicyclic) bond motifs is 1. The molecule has 10 nitrogen and oxygen atoms in total. The summed E-state index contributed by atoms with van der Waals surface area (Å²) in [7, 11) is 0. The molecule has 0 unspecified atom stereocenters. The zero-order chi connectivity index (χ0) is 28.8. The van der Waals surface area contributed by atoms with Crippen LogP contribution in [0.1, 0.15) is 44.7 Å². The van der Waals surface area contributed by atoms with Crippen LogP contribution in [0.15, 0.2) is 72.8 Å². The highest BCUT2D eigenvalue weighted by molar-refractivity contribution is 6.37. The number of anilines is 2. The summed E-state index contributed by atoms with van der Waals surface area (Å²) < 4.78 is 0. The van der Waals surface area contributed by atoms with E-state index in [1.54, 1.807) is 30.3 Å². The molecular weight excluding hydrogens is 522 g/mol. The number of carbonyl (C=O) groups excluding carboxylic acids is 2. The Morgan fingerprint density at radius 3 is 2.39 bits per heavy atom. The summed E-state index contributed by atoms with van der Waals surface area (Å²) in [5.74, 6) is -1.68. The number of carbonyl (C=O) groups is 3. The maximum absolute atomic E-state index is 13.1. The highest BCUT2D eigenvalue weighted by Gasteiger charge is 2.29. The number of piperidine rings is 1. The number of hydrogen-bond donors (Lipinski definition) is 4. The van der Waals surface area contributed by atoms with Gasteiger partial charge in [0.2, 0.25) is 0 Å². The van der Waals surface area contributed by atoms with Gasteiger partial charge in [-0.1, -0.05) is 36.4 Å². The Kier molecular flexibility index (Phi) is 8.39. The van der Waals surface area contributed by atoms with E-state index in [1.165, 1.54) is 12.1 Å². The van der Waals surface area contributed by atoms with E-state index < -0.39 is 5.97 Å². The van der Waals surface area contributed by atoms with Crippen molar-refractivity contribution in [1.29, 1.82) is 5.26 Å². The lowest BCUT2D eigenvalue weighted by Gasteiger charge is -2.28. The molecule has 208 valence electrons. The summed E-state index contributed by atoms with van der Waals surface area (Å²) in [6.07, 6.45) is 1.71. The van der Waals surface area contributed by atoms with Crippen LogP contribution in [0.2, 0.25) is 0 Å². The summed E-state index contributed by atoms with van der Waals surface area (Å²) in [5.41, 5.74) is 6.33. The molecule has 0 radical (unpaired) electrons. The van der Waals surface area contributed by atoms with Gasteiger partial charge in [-0.2, -0.15) is 5.26 Å². The van der Waals surface area contributed by atoms with E-state index in [0.29, 0.717) is 46.9 Å². The zero-order valence-electron chi connectivity index (χ0n) is 22.2. The summed E-state index contributed by atoms with van der Waals surface area (Å²) in [5, 5.41) is 24.4. The SMILES string of the molecule is N#CC1CCN(CCONC(=O)c2ccc(N/C(=C3\C(=O)Nc4cc(C(=O)O)ccc43)c3ccccc3)cc2)CC1. The van der Waals surface area contributed by atoms with Crippen molar-refractivity contribution < 1.29 is 24.3 Å². The Bertz CT molecular complexity index is 1520. The first kappa shape index (κ1) is 27.6. The largest absolute Gasteiger partial charge is 0.478 e. The molecule has 0 spiro atoms. The van der Waals surface area contributed by atoms with Gasteiger partial charge in [-0.25, -0.2) is 10.3 Å². The van der Waals surface area contributed by atoms with Crippen molar-refractivity contribution in [1.82, 2.24) is 10.4 Å². The van der Waals surface area contributed by atoms with Crippen molar-refractivity contribution in [3.63, 3.8) is 0 Å². The molecule has 1 saturated heterocycles. The van der Waals surface area contributed by atoms with Crippen LogP contribution in [0.3, 0.4) is 0 Å². The minimum atomic E-state index is -1.08. The van der Waals surface area contributed by atoms with Crippen molar-refractivity contribution in [3.05, 3.63) is 95.1 Å². The van der Waals surface area contributed by atoms with Gasteiger partial charge < -0.3 is 20.6 Å². The molecule has 41 heavy (non-hydrogen) atoms. The molecule has 0 aliphatic carbocycles. The molecule has 1 fully saturated rings. The fraction of sp³-hybridized carbons (Fsp3) is 0.226. The minimum Gasteiger partial charge on any atom is -0.478 e. The molecule has 10 heteroatoms. The van der Waals surface area contributed by atoms with Gasteiger partial charge in [-0.3, -0.25) is 14.4 Å².